The summed E-state index contributed by atoms with van der Waals surface area (Å²) in [6, 6.07) is 5.50. The zero-order valence-corrected chi connectivity index (χ0v) is 15.6. The van der Waals surface area contributed by atoms with Crippen LogP contribution >= 0.6 is 0 Å². The molecule has 27 heavy (non-hydrogen) atoms. The third-order valence-corrected chi connectivity index (χ3v) is 6.52. The molecule has 1 aliphatic heterocycles. The van der Waals surface area contributed by atoms with Gasteiger partial charge in [0.1, 0.15) is 5.82 Å². The Kier molecular flexibility index (Phi) is 5.32. The van der Waals surface area contributed by atoms with Crippen molar-refractivity contribution in [1.29, 1.82) is 0 Å². The van der Waals surface area contributed by atoms with E-state index in [2.05, 4.69) is 10.6 Å². The number of hydrogen-bond donors (Lipinski definition) is 2. The number of urea groups is 1. The van der Waals surface area contributed by atoms with Crippen LogP contribution in [0.3, 0.4) is 0 Å². The highest BCUT2D eigenvalue weighted by Crippen LogP contribution is 2.49. The van der Waals surface area contributed by atoms with Gasteiger partial charge in [-0.3, -0.25) is 4.79 Å². The van der Waals surface area contributed by atoms with Gasteiger partial charge in [-0.15, -0.1) is 0 Å². The second kappa shape index (κ2) is 7.87. The molecule has 1 saturated heterocycles. The largest absolute Gasteiger partial charge is 0.342 e. The van der Waals surface area contributed by atoms with Crippen molar-refractivity contribution in [1.82, 2.24) is 10.2 Å². The molecule has 1 aromatic rings. The lowest BCUT2D eigenvalue weighted by Crippen LogP contribution is -2.47. The monoisotopic (exact) mass is 373 g/mol. The fraction of sp³-hybridized carbons (Fsp3) is 0.619. The van der Waals surface area contributed by atoms with Gasteiger partial charge >= 0.3 is 6.03 Å². The molecule has 3 fully saturated rings. The van der Waals surface area contributed by atoms with E-state index < -0.39 is 0 Å². The molecule has 2 N–H and O–H groups in total. The molecule has 2 bridgehead atoms. The lowest BCUT2D eigenvalue weighted by Gasteiger charge is -2.36. The first kappa shape index (κ1) is 18.3. The van der Waals surface area contributed by atoms with E-state index in [1.807, 2.05) is 4.90 Å². The van der Waals surface area contributed by atoms with Gasteiger partial charge in [0, 0.05) is 31.2 Å². The number of carbonyl (C=O) groups is 2. The Labute approximate surface area is 159 Å². The van der Waals surface area contributed by atoms with Gasteiger partial charge in [-0.2, -0.15) is 0 Å². The van der Waals surface area contributed by atoms with Crippen LogP contribution in [0, 0.1) is 29.5 Å². The van der Waals surface area contributed by atoms with Gasteiger partial charge in [0.2, 0.25) is 5.91 Å². The highest BCUT2D eigenvalue weighted by molar-refractivity contribution is 5.89. The fourth-order valence-corrected chi connectivity index (χ4v) is 5.19. The molecule has 3 aliphatic rings. The number of halogens is 1. The van der Waals surface area contributed by atoms with Crippen molar-refractivity contribution in [2.24, 2.45) is 23.7 Å². The van der Waals surface area contributed by atoms with Crippen molar-refractivity contribution in [3.63, 3.8) is 0 Å². The Morgan fingerprint density at radius 1 is 1.19 bits per heavy atom. The van der Waals surface area contributed by atoms with Gasteiger partial charge in [-0.05, 0) is 68.1 Å². The van der Waals surface area contributed by atoms with Crippen LogP contribution in [0.25, 0.3) is 0 Å². The van der Waals surface area contributed by atoms with Crippen LogP contribution in [0.15, 0.2) is 24.3 Å². The van der Waals surface area contributed by atoms with E-state index >= 15 is 0 Å². The summed E-state index contributed by atoms with van der Waals surface area (Å²) < 4.78 is 13.2. The van der Waals surface area contributed by atoms with E-state index in [0.717, 1.165) is 38.3 Å². The summed E-state index contributed by atoms with van der Waals surface area (Å²) in [7, 11) is 0. The predicted octanol–water partition coefficient (Wildman–Crippen LogP) is 3.62. The summed E-state index contributed by atoms with van der Waals surface area (Å²) in [4.78, 5) is 27.0. The van der Waals surface area contributed by atoms with E-state index in [0.29, 0.717) is 24.1 Å². The first-order chi connectivity index (χ1) is 13.1. The predicted molar refractivity (Wildman–Crippen MR) is 102 cm³/mol. The maximum Gasteiger partial charge on any atom is 0.319 e. The maximum absolute atomic E-state index is 13.2. The van der Waals surface area contributed by atoms with Gasteiger partial charge in [0.15, 0.2) is 0 Å². The zero-order chi connectivity index (χ0) is 18.8. The molecule has 4 atom stereocenters. The maximum atomic E-state index is 13.2. The highest BCUT2D eigenvalue weighted by Gasteiger charge is 2.44. The summed E-state index contributed by atoms with van der Waals surface area (Å²) in [5, 5.41) is 5.51. The Morgan fingerprint density at radius 2 is 2.07 bits per heavy atom. The molecule has 0 aromatic heterocycles. The Morgan fingerprint density at radius 3 is 2.81 bits per heavy atom. The minimum absolute atomic E-state index is 0.242. The molecule has 3 amide bonds. The average Bonchev–Trinajstić information content (AvgIpc) is 3.29. The minimum atomic E-state index is -0.380. The summed E-state index contributed by atoms with van der Waals surface area (Å²) in [6.45, 7) is 2.10. The molecule has 1 aromatic carbocycles. The van der Waals surface area contributed by atoms with Crippen molar-refractivity contribution < 1.29 is 14.0 Å². The SMILES string of the molecule is O=C(NCC1CCCN(C(=O)C2CC3CCC2C3)C1)Nc1cccc(F)c1. The molecule has 1 heterocycles. The molecule has 5 nitrogen and oxygen atoms in total. The molecule has 0 spiro atoms. The van der Waals surface area contributed by atoms with E-state index in [9.17, 15) is 14.0 Å². The fourth-order valence-electron chi connectivity index (χ4n) is 5.19. The summed E-state index contributed by atoms with van der Waals surface area (Å²) in [6.07, 6.45) is 6.86. The van der Waals surface area contributed by atoms with Gasteiger partial charge in [0.05, 0.1) is 0 Å². The first-order valence-electron chi connectivity index (χ1n) is 10.2. The first-order valence-corrected chi connectivity index (χ1v) is 10.2. The minimum Gasteiger partial charge on any atom is -0.342 e. The van der Waals surface area contributed by atoms with Crippen LogP contribution in [0.4, 0.5) is 14.9 Å². The van der Waals surface area contributed by atoms with Gasteiger partial charge in [-0.1, -0.05) is 12.5 Å². The van der Waals surface area contributed by atoms with Crippen LogP contribution in [-0.4, -0.2) is 36.5 Å². The van der Waals surface area contributed by atoms with E-state index in [1.165, 1.54) is 31.4 Å². The molecule has 6 heteroatoms. The van der Waals surface area contributed by atoms with Crippen molar-refractivity contribution >= 4 is 17.6 Å². The zero-order valence-electron chi connectivity index (χ0n) is 15.6. The van der Waals surface area contributed by atoms with Crippen molar-refractivity contribution in [3.05, 3.63) is 30.1 Å². The molecule has 2 aliphatic carbocycles. The van der Waals surface area contributed by atoms with Gasteiger partial charge < -0.3 is 15.5 Å². The van der Waals surface area contributed by atoms with Crippen LogP contribution < -0.4 is 10.6 Å². The van der Waals surface area contributed by atoms with Crippen molar-refractivity contribution in [2.75, 3.05) is 25.0 Å². The Balaban J connectivity index is 1.25. The topological polar surface area (TPSA) is 61.4 Å². The molecule has 4 rings (SSSR count). The number of benzene rings is 1. The van der Waals surface area contributed by atoms with Crippen LogP contribution in [0.2, 0.25) is 0 Å². The summed E-state index contributed by atoms with van der Waals surface area (Å²) in [5.74, 6) is 1.87. The van der Waals surface area contributed by atoms with E-state index in [4.69, 9.17) is 0 Å². The number of amides is 3. The Hall–Kier alpha value is -2.11. The second-order valence-electron chi connectivity index (χ2n) is 8.42. The highest BCUT2D eigenvalue weighted by atomic mass is 19.1. The molecular weight excluding hydrogens is 345 g/mol. The number of rotatable bonds is 4. The summed E-state index contributed by atoms with van der Waals surface area (Å²) in [5.41, 5.74) is 0.434. The standard InChI is InChI=1S/C21H28FN3O2/c22-17-4-1-5-18(11-17)24-21(27)23-12-15-3-2-8-25(13-15)20(26)19-10-14-6-7-16(19)9-14/h1,4-5,11,14-16,19H,2-3,6-10,12-13H2,(H2,23,24,27). The van der Waals surface area contributed by atoms with Crippen LogP contribution in [0.1, 0.15) is 38.5 Å². The summed E-state index contributed by atoms with van der Waals surface area (Å²) >= 11 is 0. The Bertz CT molecular complexity index is 710. The smallest absolute Gasteiger partial charge is 0.319 e. The molecule has 4 unspecified atom stereocenters. The third kappa shape index (κ3) is 4.25. The molecule has 146 valence electrons. The van der Waals surface area contributed by atoms with Gasteiger partial charge in [-0.25, -0.2) is 9.18 Å². The third-order valence-electron chi connectivity index (χ3n) is 6.52. The molecule has 2 saturated carbocycles. The number of likely N-dealkylation sites (tertiary alicyclic amines) is 1. The van der Waals surface area contributed by atoms with Crippen LogP contribution in [-0.2, 0) is 4.79 Å². The number of carbonyl (C=O) groups excluding carboxylic acids is 2. The van der Waals surface area contributed by atoms with E-state index in [-0.39, 0.29) is 23.7 Å². The number of nitrogens with zero attached hydrogens (tertiary/aromatic N) is 1. The number of hydrogen-bond acceptors (Lipinski definition) is 2. The quantitative estimate of drug-likeness (QED) is 0.847. The van der Waals surface area contributed by atoms with E-state index in [1.54, 1.807) is 12.1 Å². The lowest BCUT2D eigenvalue weighted by molar-refractivity contribution is -0.139. The molecular formula is C21H28FN3O2. The lowest BCUT2D eigenvalue weighted by atomic mass is 9.86. The van der Waals surface area contributed by atoms with Gasteiger partial charge in [0.25, 0.3) is 0 Å². The number of fused-ring (bicyclic) bond motifs is 2. The average molecular weight is 373 g/mol. The van der Waals surface area contributed by atoms with Crippen molar-refractivity contribution in [2.45, 2.75) is 38.5 Å². The second-order valence-corrected chi connectivity index (χ2v) is 8.42. The number of nitrogens with one attached hydrogen (secondary N) is 2. The van der Waals surface area contributed by atoms with Crippen LogP contribution in [0.5, 0.6) is 0 Å². The van der Waals surface area contributed by atoms with Crippen molar-refractivity contribution in [3.8, 4) is 0 Å². The number of piperidine rings is 1. The number of anilines is 1. The normalized spacial score (nSPS) is 29.6. The molecule has 0 radical (unpaired) electrons.